The van der Waals surface area contributed by atoms with Crippen LogP contribution in [0.3, 0.4) is 0 Å². The van der Waals surface area contributed by atoms with Crippen molar-refractivity contribution in [1.82, 2.24) is 5.32 Å². The van der Waals surface area contributed by atoms with E-state index in [1.54, 1.807) is 0 Å². The molecule has 0 saturated heterocycles. The molecule has 0 radical (unpaired) electrons. The third kappa shape index (κ3) is 3.97. The molecule has 116 valence electrons. The predicted molar refractivity (Wildman–Crippen MR) is 83.2 cm³/mol. The molecule has 0 bridgehead atoms. The van der Waals surface area contributed by atoms with E-state index in [-0.39, 0.29) is 17.9 Å². The second-order valence-corrected chi connectivity index (χ2v) is 7.58. The molecule has 0 heterocycles. The van der Waals surface area contributed by atoms with Gasteiger partial charge in [-0.05, 0) is 49.4 Å². The fourth-order valence-corrected chi connectivity index (χ4v) is 4.17. The van der Waals surface area contributed by atoms with Gasteiger partial charge in [0, 0.05) is 18.5 Å². The van der Waals surface area contributed by atoms with Crippen molar-refractivity contribution in [3.63, 3.8) is 0 Å². The summed E-state index contributed by atoms with van der Waals surface area (Å²) in [4.78, 5) is 12.4. The van der Waals surface area contributed by atoms with Crippen LogP contribution in [0.1, 0.15) is 59.3 Å². The Labute approximate surface area is 124 Å². The Balaban J connectivity index is 1.79. The number of rotatable bonds is 3. The van der Waals surface area contributed by atoms with Crippen molar-refractivity contribution in [1.29, 1.82) is 0 Å². The third-order valence-electron chi connectivity index (χ3n) is 5.63. The number of nitrogens with two attached hydrogens (primary N) is 1. The quantitative estimate of drug-likeness (QED) is 0.835. The van der Waals surface area contributed by atoms with Gasteiger partial charge in [-0.1, -0.05) is 33.6 Å². The fraction of sp³-hybridized carbons (Fsp3) is 0.941. The molecule has 2 aliphatic rings. The number of carbonyl (C=O) groups is 1. The first-order valence-electron chi connectivity index (χ1n) is 8.50. The van der Waals surface area contributed by atoms with E-state index < -0.39 is 0 Å². The molecular formula is C17H32N2O. The molecule has 2 aliphatic carbocycles. The second-order valence-electron chi connectivity index (χ2n) is 7.58. The third-order valence-corrected chi connectivity index (χ3v) is 5.63. The molecule has 2 fully saturated rings. The Bertz CT molecular complexity index is 331. The summed E-state index contributed by atoms with van der Waals surface area (Å²) in [6.45, 7) is 7.61. The lowest BCUT2D eigenvalue weighted by Gasteiger charge is -2.36. The zero-order valence-electron chi connectivity index (χ0n) is 13.4. The molecule has 0 spiro atoms. The van der Waals surface area contributed by atoms with Crippen LogP contribution < -0.4 is 11.1 Å². The van der Waals surface area contributed by atoms with Crippen molar-refractivity contribution in [3.8, 4) is 0 Å². The summed E-state index contributed by atoms with van der Waals surface area (Å²) >= 11 is 0. The lowest BCUT2D eigenvalue weighted by Crippen LogP contribution is -2.46. The minimum Gasteiger partial charge on any atom is -0.356 e. The van der Waals surface area contributed by atoms with Gasteiger partial charge in [-0.3, -0.25) is 4.79 Å². The van der Waals surface area contributed by atoms with Gasteiger partial charge in [-0.25, -0.2) is 0 Å². The maximum atomic E-state index is 12.4. The maximum absolute atomic E-state index is 12.4. The summed E-state index contributed by atoms with van der Waals surface area (Å²) in [7, 11) is 0. The Kier molecular flexibility index (Phi) is 5.48. The molecule has 3 heteroatoms. The van der Waals surface area contributed by atoms with E-state index in [9.17, 15) is 4.79 Å². The topological polar surface area (TPSA) is 55.1 Å². The fourth-order valence-electron chi connectivity index (χ4n) is 4.17. The molecular weight excluding hydrogens is 248 g/mol. The first-order valence-corrected chi connectivity index (χ1v) is 8.50. The lowest BCUT2D eigenvalue weighted by atomic mass is 9.72. The van der Waals surface area contributed by atoms with Gasteiger partial charge in [-0.15, -0.1) is 0 Å². The summed E-state index contributed by atoms with van der Waals surface area (Å²) in [5.74, 6) is 2.91. The van der Waals surface area contributed by atoms with Crippen molar-refractivity contribution in [3.05, 3.63) is 0 Å². The molecule has 0 aromatic heterocycles. The number of hydrogen-bond donors (Lipinski definition) is 2. The molecule has 20 heavy (non-hydrogen) atoms. The summed E-state index contributed by atoms with van der Waals surface area (Å²) in [6, 6.07) is 0.191. The first kappa shape index (κ1) is 15.8. The van der Waals surface area contributed by atoms with Crippen molar-refractivity contribution < 1.29 is 4.79 Å². The average molecular weight is 280 g/mol. The van der Waals surface area contributed by atoms with E-state index in [0.29, 0.717) is 17.8 Å². The standard InChI is InChI=1S/C17H32N2O/c1-11-5-4-6-14(7-11)10-19-17(20)15-9-16(18)13(3)8-12(15)2/h11-16H,4-10,18H2,1-3H3,(H,19,20). The van der Waals surface area contributed by atoms with Gasteiger partial charge in [0.2, 0.25) is 5.91 Å². The van der Waals surface area contributed by atoms with E-state index in [1.807, 2.05) is 0 Å². The van der Waals surface area contributed by atoms with E-state index in [4.69, 9.17) is 5.73 Å². The molecule has 6 atom stereocenters. The van der Waals surface area contributed by atoms with Gasteiger partial charge in [0.25, 0.3) is 0 Å². The molecule has 1 amide bonds. The smallest absolute Gasteiger partial charge is 0.223 e. The van der Waals surface area contributed by atoms with Gasteiger partial charge in [0.1, 0.15) is 0 Å². The predicted octanol–water partition coefficient (Wildman–Crippen LogP) is 2.94. The van der Waals surface area contributed by atoms with E-state index in [1.165, 1.54) is 25.7 Å². The van der Waals surface area contributed by atoms with Gasteiger partial charge < -0.3 is 11.1 Å². The minimum absolute atomic E-state index is 0.127. The second kappa shape index (κ2) is 6.93. The van der Waals surface area contributed by atoms with Crippen molar-refractivity contribution >= 4 is 5.91 Å². The van der Waals surface area contributed by atoms with E-state index >= 15 is 0 Å². The molecule has 0 aromatic carbocycles. The van der Waals surface area contributed by atoms with Crippen LogP contribution in [0.4, 0.5) is 0 Å². The maximum Gasteiger partial charge on any atom is 0.223 e. The summed E-state index contributed by atoms with van der Waals surface area (Å²) in [5, 5.41) is 3.21. The Morgan fingerprint density at radius 2 is 1.85 bits per heavy atom. The van der Waals surface area contributed by atoms with Crippen LogP contribution >= 0.6 is 0 Å². The van der Waals surface area contributed by atoms with Crippen molar-refractivity contribution in [2.24, 2.45) is 35.3 Å². The monoisotopic (exact) mass is 280 g/mol. The van der Waals surface area contributed by atoms with Crippen LogP contribution in [0.15, 0.2) is 0 Å². The number of amides is 1. The molecule has 3 N–H and O–H groups in total. The van der Waals surface area contributed by atoms with Crippen LogP contribution in [-0.2, 0) is 4.79 Å². The minimum atomic E-state index is 0.127. The van der Waals surface area contributed by atoms with Crippen molar-refractivity contribution in [2.75, 3.05) is 6.54 Å². The highest BCUT2D eigenvalue weighted by Crippen LogP contribution is 2.33. The van der Waals surface area contributed by atoms with Gasteiger partial charge in [-0.2, -0.15) is 0 Å². The van der Waals surface area contributed by atoms with Crippen LogP contribution in [0.25, 0.3) is 0 Å². The largest absolute Gasteiger partial charge is 0.356 e. The number of carbonyl (C=O) groups excluding carboxylic acids is 1. The molecule has 0 aliphatic heterocycles. The summed E-state index contributed by atoms with van der Waals surface area (Å²) in [5.41, 5.74) is 6.15. The van der Waals surface area contributed by atoms with Crippen LogP contribution in [0.5, 0.6) is 0 Å². The number of hydrogen-bond acceptors (Lipinski definition) is 2. The van der Waals surface area contributed by atoms with Gasteiger partial charge in [0.15, 0.2) is 0 Å². The SMILES string of the molecule is CC1CCCC(CNC(=O)C2CC(N)C(C)CC2C)C1. The van der Waals surface area contributed by atoms with Gasteiger partial charge >= 0.3 is 0 Å². The first-order chi connectivity index (χ1) is 9.47. The van der Waals surface area contributed by atoms with E-state index in [2.05, 4.69) is 26.1 Å². The molecule has 0 aromatic rings. The van der Waals surface area contributed by atoms with Crippen LogP contribution in [-0.4, -0.2) is 18.5 Å². The zero-order valence-corrected chi connectivity index (χ0v) is 13.4. The molecule has 2 saturated carbocycles. The average Bonchev–Trinajstić information content (AvgIpc) is 2.40. The Morgan fingerprint density at radius 1 is 1.10 bits per heavy atom. The normalized spacial score (nSPS) is 42.2. The molecule has 2 rings (SSSR count). The van der Waals surface area contributed by atoms with Gasteiger partial charge in [0.05, 0.1) is 0 Å². The highest BCUT2D eigenvalue weighted by molar-refractivity contribution is 5.79. The zero-order chi connectivity index (χ0) is 14.7. The molecule has 6 unspecified atom stereocenters. The number of nitrogens with one attached hydrogen (secondary N) is 1. The van der Waals surface area contributed by atoms with Crippen molar-refractivity contribution in [2.45, 2.75) is 65.3 Å². The Hall–Kier alpha value is -0.570. The highest BCUT2D eigenvalue weighted by Gasteiger charge is 2.35. The van der Waals surface area contributed by atoms with Crippen LogP contribution in [0.2, 0.25) is 0 Å². The molecule has 3 nitrogen and oxygen atoms in total. The van der Waals surface area contributed by atoms with E-state index in [0.717, 1.165) is 25.3 Å². The summed E-state index contributed by atoms with van der Waals surface area (Å²) < 4.78 is 0. The van der Waals surface area contributed by atoms with Crippen LogP contribution in [0, 0.1) is 29.6 Å². The summed E-state index contributed by atoms with van der Waals surface area (Å²) in [6.07, 6.45) is 7.17. The highest BCUT2D eigenvalue weighted by atomic mass is 16.1. The lowest BCUT2D eigenvalue weighted by molar-refractivity contribution is -0.128. The Morgan fingerprint density at radius 3 is 2.55 bits per heavy atom.